The number of nitriles is 1. The summed E-state index contributed by atoms with van der Waals surface area (Å²) in [5.41, 5.74) is -1.58. The van der Waals surface area contributed by atoms with Crippen LogP contribution in [0.2, 0.25) is 0 Å². The van der Waals surface area contributed by atoms with Gasteiger partial charge in [-0.05, 0) is 31.0 Å². The van der Waals surface area contributed by atoms with Crippen molar-refractivity contribution in [2.45, 2.75) is 32.0 Å². The smallest absolute Gasteiger partial charge is 0.394 e. The van der Waals surface area contributed by atoms with Gasteiger partial charge in [0.1, 0.15) is 0 Å². The number of alkyl halides is 3. The molecule has 0 unspecified atom stereocenters. The fourth-order valence-corrected chi connectivity index (χ4v) is 2.67. The monoisotopic (exact) mass is 298 g/mol. The number of anilines is 1. The average molecular weight is 298 g/mol. The number of nitrogens with zero attached hydrogens (tertiary/aromatic N) is 2. The zero-order valence-corrected chi connectivity index (χ0v) is 11.2. The maximum absolute atomic E-state index is 13.1. The molecule has 0 saturated carbocycles. The Labute approximate surface area is 119 Å². The molecule has 7 heteroatoms. The van der Waals surface area contributed by atoms with E-state index in [1.54, 1.807) is 0 Å². The molecule has 0 spiro atoms. The molecular weight excluding hydrogens is 285 g/mol. The van der Waals surface area contributed by atoms with Crippen molar-refractivity contribution < 1.29 is 23.1 Å². The molecule has 0 bridgehead atoms. The van der Waals surface area contributed by atoms with Crippen LogP contribution in [0, 0.1) is 18.3 Å². The summed E-state index contributed by atoms with van der Waals surface area (Å²) < 4.78 is 39.4. The first-order valence-electron chi connectivity index (χ1n) is 6.35. The van der Waals surface area contributed by atoms with Gasteiger partial charge < -0.3 is 10.0 Å². The highest BCUT2D eigenvalue weighted by atomic mass is 19.4. The van der Waals surface area contributed by atoms with Crippen molar-refractivity contribution in [3.8, 4) is 6.07 Å². The molecule has 21 heavy (non-hydrogen) atoms. The van der Waals surface area contributed by atoms with Crippen LogP contribution >= 0.6 is 0 Å². The number of benzene rings is 1. The van der Waals surface area contributed by atoms with Crippen molar-refractivity contribution >= 4 is 11.6 Å². The van der Waals surface area contributed by atoms with Crippen molar-refractivity contribution in [3.05, 3.63) is 28.8 Å². The Hall–Kier alpha value is -2.07. The summed E-state index contributed by atoms with van der Waals surface area (Å²) in [6, 6.07) is 3.39. The van der Waals surface area contributed by atoms with Crippen molar-refractivity contribution in [1.82, 2.24) is 0 Å². The summed E-state index contributed by atoms with van der Waals surface area (Å²) in [6.45, 7) is 0.922. The van der Waals surface area contributed by atoms with Gasteiger partial charge in [0.05, 0.1) is 29.8 Å². The van der Waals surface area contributed by atoms with E-state index < -0.39 is 23.3 Å². The van der Waals surface area contributed by atoms with E-state index in [0.29, 0.717) is 6.42 Å². The third kappa shape index (κ3) is 2.59. The van der Waals surface area contributed by atoms with Crippen LogP contribution in [0.1, 0.15) is 29.5 Å². The van der Waals surface area contributed by atoms with E-state index in [1.807, 2.05) is 0 Å². The van der Waals surface area contributed by atoms with Crippen LogP contribution in [-0.2, 0) is 11.0 Å². The van der Waals surface area contributed by atoms with Gasteiger partial charge in [-0.3, -0.25) is 4.79 Å². The highest BCUT2D eigenvalue weighted by molar-refractivity contribution is 5.97. The van der Waals surface area contributed by atoms with Gasteiger partial charge in [0, 0.05) is 12.1 Å². The van der Waals surface area contributed by atoms with E-state index in [0.717, 1.165) is 6.07 Å². The zero-order valence-electron chi connectivity index (χ0n) is 11.2. The zero-order chi connectivity index (χ0) is 15.8. The van der Waals surface area contributed by atoms with E-state index in [9.17, 15) is 23.1 Å². The summed E-state index contributed by atoms with van der Waals surface area (Å²) in [5.74, 6) is -0.324. The first kappa shape index (κ1) is 15.3. The molecule has 1 aliphatic heterocycles. The second-order valence-electron chi connectivity index (χ2n) is 4.88. The second-order valence-corrected chi connectivity index (χ2v) is 4.88. The number of amides is 1. The fraction of sp³-hybridized carbons (Fsp3) is 0.429. The maximum atomic E-state index is 13.1. The molecule has 4 nitrogen and oxygen atoms in total. The van der Waals surface area contributed by atoms with Crippen molar-refractivity contribution in [3.63, 3.8) is 0 Å². The summed E-state index contributed by atoms with van der Waals surface area (Å²) in [4.78, 5) is 13.1. The van der Waals surface area contributed by atoms with Crippen LogP contribution in [0.5, 0.6) is 0 Å². The lowest BCUT2D eigenvalue weighted by molar-refractivity contribution is -0.138. The minimum atomic E-state index is -4.68. The van der Waals surface area contributed by atoms with Crippen LogP contribution in [0.3, 0.4) is 0 Å². The molecule has 1 saturated heterocycles. The molecule has 1 heterocycles. The third-order valence-corrected chi connectivity index (χ3v) is 3.64. The lowest BCUT2D eigenvalue weighted by Crippen LogP contribution is -2.36. The van der Waals surface area contributed by atoms with Gasteiger partial charge in [-0.15, -0.1) is 0 Å². The van der Waals surface area contributed by atoms with Gasteiger partial charge in [0.25, 0.3) is 0 Å². The Morgan fingerprint density at radius 2 is 2.14 bits per heavy atom. The molecule has 1 aliphatic rings. The van der Waals surface area contributed by atoms with E-state index in [1.165, 1.54) is 24.0 Å². The summed E-state index contributed by atoms with van der Waals surface area (Å²) in [5, 5.41) is 18.1. The van der Waals surface area contributed by atoms with E-state index >= 15 is 0 Å². The van der Waals surface area contributed by atoms with Crippen molar-refractivity contribution in [2.75, 3.05) is 11.5 Å². The van der Waals surface area contributed by atoms with Crippen molar-refractivity contribution in [1.29, 1.82) is 5.26 Å². The van der Waals surface area contributed by atoms with Crippen LogP contribution in [0.4, 0.5) is 18.9 Å². The molecular formula is C14H13F3N2O2. The van der Waals surface area contributed by atoms with E-state index in [-0.39, 0.29) is 30.2 Å². The molecule has 0 radical (unpaired) electrons. The number of carbonyl (C=O) groups is 1. The number of aliphatic hydroxyl groups is 1. The molecule has 1 amide bonds. The fourth-order valence-electron chi connectivity index (χ4n) is 2.67. The van der Waals surface area contributed by atoms with Crippen LogP contribution < -0.4 is 4.90 Å². The summed E-state index contributed by atoms with van der Waals surface area (Å²) in [7, 11) is 0. The number of carbonyl (C=O) groups excluding carboxylic acids is 1. The van der Waals surface area contributed by atoms with E-state index in [2.05, 4.69) is 0 Å². The Kier molecular flexibility index (Phi) is 3.92. The van der Waals surface area contributed by atoms with Gasteiger partial charge in [0.2, 0.25) is 5.91 Å². The van der Waals surface area contributed by atoms with Crippen LogP contribution in [0.25, 0.3) is 0 Å². The molecule has 1 N–H and O–H groups in total. The molecule has 112 valence electrons. The molecule has 1 aromatic rings. The first-order valence-corrected chi connectivity index (χ1v) is 6.35. The lowest BCUT2D eigenvalue weighted by atomic mass is 9.99. The predicted molar refractivity (Wildman–Crippen MR) is 68.5 cm³/mol. The van der Waals surface area contributed by atoms with Gasteiger partial charge in [-0.2, -0.15) is 18.4 Å². The van der Waals surface area contributed by atoms with Gasteiger partial charge in [-0.1, -0.05) is 0 Å². The molecule has 0 aliphatic carbocycles. The molecule has 1 aromatic carbocycles. The lowest BCUT2D eigenvalue weighted by Gasteiger charge is -2.27. The number of halogens is 3. The van der Waals surface area contributed by atoms with Gasteiger partial charge >= 0.3 is 6.18 Å². The van der Waals surface area contributed by atoms with Crippen LogP contribution in [0.15, 0.2) is 12.1 Å². The quantitative estimate of drug-likeness (QED) is 0.911. The van der Waals surface area contributed by atoms with Crippen molar-refractivity contribution in [2.24, 2.45) is 0 Å². The predicted octanol–water partition coefficient (Wildman–Crippen LogP) is 2.37. The van der Waals surface area contributed by atoms with E-state index in [4.69, 9.17) is 5.26 Å². The topological polar surface area (TPSA) is 64.3 Å². The normalized spacial score (nSPS) is 19.0. The van der Waals surface area contributed by atoms with Gasteiger partial charge in [0.15, 0.2) is 0 Å². The second kappa shape index (κ2) is 5.37. The Morgan fingerprint density at radius 3 is 2.67 bits per heavy atom. The highest BCUT2D eigenvalue weighted by Crippen LogP contribution is 2.40. The molecule has 1 atom stereocenters. The number of aliphatic hydroxyl groups excluding tert-OH is 1. The average Bonchev–Trinajstić information content (AvgIpc) is 2.78. The molecule has 0 aromatic heterocycles. The van der Waals surface area contributed by atoms with Gasteiger partial charge in [-0.25, -0.2) is 0 Å². The number of hydrogen-bond acceptors (Lipinski definition) is 3. The molecule has 2 rings (SSSR count). The summed E-state index contributed by atoms with van der Waals surface area (Å²) in [6.07, 6.45) is -4.09. The Morgan fingerprint density at radius 1 is 1.48 bits per heavy atom. The third-order valence-electron chi connectivity index (χ3n) is 3.64. The summed E-state index contributed by atoms with van der Waals surface area (Å²) >= 11 is 0. The van der Waals surface area contributed by atoms with Crippen LogP contribution in [-0.4, -0.2) is 23.7 Å². The Bertz CT molecular complexity index is 620. The number of rotatable bonds is 2. The maximum Gasteiger partial charge on any atom is 0.418 e. The standard InChI is InChI=1S/C14H13F3N2O2/c1-8-11(19-10(7-20)3-5-12(19)21)4-2-9(6-18)13(8)14(15,16)17/h2,4,10,20H,3,5,7H2,1H3/t10-/m1/s1. The largest absolute Gasteiger partial charge is 0.418 e. The minimum Gasteiger partial charge on any atom is -0.394 e. The highest BCUT2D eigenvalue weighted by Gasteiger charge is 2.39. The first-order chi connectivity index (χ1) is 9.81. The number of hydrogen-bond donors (Lipinski definition) is 1. The SMILES string of the molecule is Cc1c(N2C(=O)CC[C@@H]2CO)ccc(C#N)c1C(F)(F)F. The molecule has 1 fully saturated rings. The Balaban J connectivity index is 2.62. The minimum absolute atomic E-state index is 0.0999.